The molecule has 0 aromatic carbocycles. The number of carbonyl (C=O) groups excluding carboxylic acids is 1. The fourth-order valence-corrected chi connectivity index (χ4v) is 2.49. The van der Waals surface area contributed by atoms with E-state index in [0.29, 0.717) is 38.1 Å². The molecule has 2 fully saturated rings. The molecule has 1 saturated heterocycles. The van der Waals surface area contributed by atoms with Gasteiger partial charge in [-0.3, -0.25) is 4.79 Å². The first-order valence-corrected chi connectivity index (χ1v) is 7.30. The second kappa shape index (κ2) is 7.46. The van der Waals surface area contributed by atoms with Crippen molar-refractivity contribution in [3.05, 3.63) is 0 Å². The molecule has 0 radical (unpaired) electrons. The molecule has 0 atom stereocenters. The molecule has 1 aliphatic heterocycles. The van der Waals surface area contributed by atoms with Gasteiger partial charge in [-0.05, 0) is 38.8 Å². The van der Waals surface area contributed by atoms with E-state index in [4.69, 9.17) is 10.00 Å². The van der Waals surface area contributed by atoms with Crippen molar-refractivity contribution in [1.82, 2.24) is 10.2 Å². The van der Waals surface area contributed by atoms with Crippen molar-refractivity contribution in [2.75, 3.05) is 26.2 Å². The maximum atomic E-state index is 12.1. The molecule has 0 bridgehead atoms. The molecule has 5 nitrogen and oxygen atoms in total. The lowest BCUT2D eigenvalue weighted by Crippen LogP contribution is -2.36. The highest BCUT2D eigenvalue weighted by molar-refractivity contribution is 5.77. The molecular formula is C14H23N3O2. The van der Waals surface area contributed by atoms with E-state index < -0.39 is 0 Å². The fraction of sp³-hybridized carbons (Fsp3) is 0.857. The number of amides is 1. The van der Waals surface area contributed by atoms with E-state index in [1.807, 2.05) is 4.90 Å². The minimum absolute atomic E-state index is 0.145. The van der Waals surface area contributed by atoms with E-state index in [2.05, 4.69) is 11.4 Å². The molecule has 0 unspecified atom stereocenters. The molecule has 2 rings (SSSR count). The number of piperidine rings is 1. The summed E-state index contributed by atoms with van der Waals surface area (Å²) < 4.78 is 5.76. The Hall–Kier alpha value is -1.12. The van der Waals surface area contributed by atoms with Crippen LogP contribution in [0.3, 0.4) is 0 Å². The SMILES string of the molecule is N#CCCN(C(=O)CCOC1CCNCC1)C1CC1. The third kappa shape index (κ3) is 4.81. The molecule has 1 heterocycles. The summed E-state index contributed by atoms with van der Waals surface area (Å²) in [6, 6.07) is 2.50. The van der Waals surface area contributed by atoms with Gasteiger partial charge >= 0.3 is 0 Å². The Morgan fingerprint density at radius 3 is 2.68 bits per heavy atom. The van der Waals surface area contributed by atoms with Gasteiger partial charge in [-0.15, -0.1) is 0 Å². The van der Waals surface area contributed by atoms with Crippen molar-refractivity contribution in [2.45, 2.75) is 50.7 Å². The summed E-state index contributed by atoms with van der Waals surface area (Å²) in [7, 11) is 0. The molecule has 2 aliphatic rings. The summed E-state index contributed by atoms with van der Waals surface area (Å²) in [4.78, 5) is 14.0. The van der Waals surface area contributed by atoms with Gasteiger partial charge < -0.3 is 15.0 Å². The smallest absolute Gasteiger partial charge is 0.225 e. The van der Waals surface area contributed by atoms with Crippen LogP contribution >= 0.6 is 0 Å². The summed E-state index contributed by atoms with van der Waals surface area (Å²) in [5.74, 6) is 0.145. The van der Waals surface area contributed by atoms with Gasteiger partial charge in [-0.1, -0.05) is 0 Å². The lowest BCUT2D eigenvalue weighted by atomic mass is 10.1. The molecule has 0 aromatic rings. The maximum Gasteiger partial charge on any atom is 0.225 e. The van der Waals surface area contributed by atoms with Gasteiger partial charge in [0, 0.05) is 12.6 Å². The molecule has 106 valence electrons. The molecule has 1 aliphatic carbocycles. The zero-order valence-corrected chi connectivity index (χ0v) is 11.4. The van der Waals surface area contributed by atoms with Gasteiger partial charge in [0.1, 0.15) is 0 Å². The largest absolute Gasteiger partial charge is 0.378 e. The second-order valence-electron chi connectivity index (χ2n) is 5.30. The molecule has 19 heavy (non-hydrogen) atoms. The average Bonchev–Trinajstić information content (AvgIpc) is 3.25. The van der Waals surface area contributed by atoms with Crippen LogP contribution < -0.4 is 5.32 Å². The number of hydrogen-bond donors (Lipinski definition) is 1. The van der Waals surface area contributed by atoms with Gasteiger partial charge in [0.2, 0.25) is 5.91 Å². The highest BCUT2D eigenvalue weighted by atomic mass is 16.5. The fourth-order valence-electron chi connectivity index (χ4n) is 2.49. The van der Waals surface area contributed by atoms with E-state index in [0.717, 1.165) is 38.8 Å². The Morgan fingerprint density at radius 1 is 1.32 bits per heavy atom. The average molecular weight is 265 g/mol. The first-order chi connectivity index (χ1) is 9.31. The van der Waals surface area contributed by atoms with Gasteiger partial charge in [0.15, 0.2) is 0 Å². The Kier molecular flexibility index (Phi) is 5.62. The zero-order chi connectivity index (χ0) is 13.5. The van der Waals surface area contributed by atoms with Gasteiger partial charge in [0.25, 0.3) is 0 Å². The monoisotopic (exact) mass is 265 g/mol. The van der Waals surface area contributed by atoms with Crippen LogP contribution in [0.2, 0.25) is 0 Å². The van der Waals surface area contributed by atoms with Crippen LogP contribution in [0.15, 0.2) is 0 Å². The summed E-state index contributed by atoms with van der Waals surface area (Å²) in [6.45, 7) is 3.11. The lowest BCUT2D eigenvalue weighted by molar-refractivity contribution is -0.133. The molecule has 1 saturated carbocycles. The number of ether oxygens (including phenoxy) is 1. The van der Waals surface area contributed by atoms with Gasteiger partial charge in [-0.2, -0.15) is 5.26 Å². The van der Waals surface area contributed by atoms with Gasteiger partial charge in [0.05, 0.1) is 31.6 Å². The summed E-state index contributed by atoms with van der Waals surface area (Å²) in [5.41, 5.74) is 0. The second-order valence-corrected chi connectivity index (χ2v) is 5.30. The topological polar surface area (TPSA) is 65.4 Å². The van der Waals surface area contributed by atoms with E-state index in [9.17, 15) is 4.79 Å². The van der Waals surface area contributed by atoms with Crippen molar-refractivity contribution < 1.29 is 9.53 Å². The van der Waals surface area contributed by atoms with Crippen molar-refractivity contribution in [3.8, 4) is 6.07 Å². The highest BCUT2D eigenvalue weighted by Gasteiger charge is 2.31. The Morgan fingerprint density at radius 2 is 2.05 bits per heavy atom. The van der Waals surface area contributed by atoms with E-state index in [1.54, 1.807) is 0 Å². The van der Waals surface area contributed by atoms with Crippen LogP contribution in [-0.2, 0) is 9.53 Å². The minimum atomic E-state index is 0.145. The van der Waals surface area contributed by atoms with Crippen molar-refractivity contribution in [3.63, 3.8) is 0 Å². The Labute approximate surface area is 114 Å². The van der Waals surface area contributed by atoms with E-state index in [-0.39, 0.29) is 5.91 Å². The number of nitriles is 1. The minimum Gasteiger partial charge on any atom is -0.378 e. The molecule has 1 amide bonds. The highest BCUT2D eigenvalue weighted by Crippen LogP contribution is 2.27. The number of carbonyl (C=O) groups is 1. The lowest BCUT2D eigenvalue weighted by Gasteiger charge is -2.24. The molecule has 0 aromatic heterocycles. The van der Waals surface area contributed by atoms with Crippen LogP contribution in [0.1, 0.15) is 38.5 Å². The Bertz CT molecular complexity index is 330. The summed E-state index contributed by atoms with van der Waals surface area (Å²) in [5, 5.41) is 11.9. The van der Waals surface area contributed by atoms with E-state index >= 15 is 0 Å². The molecule has 0 spiro atoms. The third-order valence-corrected chi connectivity index (χ3v) is 3.73. The quantitative estimate of drug-likeness (QED) is 0.747. The molecule has 5 heteroatoms. The third-order valence-electron chi connectivity index (χ3n) is 3.73. The standard InChI is InChI=1S/C14H23N3O2/c15-7-1-10-17(12-2-3-12)14(18)6-11-19-13-4-8-16-9-5-13/h12-13,16H,1-6,8-11H2. The molecule has 1 N–H and O–H groups in total. The van der Waals surface area contributed by atoms with Crippen LogP contribution in [-0.4, -0.2) is 49.2 Å². The maximum absolute atomic E-state index is 12.1. The number of hydrogen-bond acceptors (Lipinski definition) is 4. The van der Waals surface area contributed by atoms with Gasteiger partial charge in [-0.25, -0.2) is 0 Å². The first-order valence-electron chi connectivity index (χ1n) is 7.30. The van der Waals surface area contributed by atoms with Crippen LogP contribution in [0, 0.1) is 11.3 Å². The van der Waals surface area contributed by atoms with Crippen LogP contribution in [0.25, 0.3) is 0 Å². The van der Waals surface area contributed by atoms with E-state index in [1.165, 1.54) is 0 Å². The zero-order valence-electron chi connectivity index (χ0n) is 11.4. The van der Waals surface area contributed by atoms with Crippen molar-refractivity contribution >= 4 is 5.91 Å². The predicted molar refractivity (Wildman–Crippen MR) is 71.4 cm³/mol. The predicted octanol–water partition coefficient (Wildman–Crippen LogP) is 1.05. The van der Waals surface area contributed by atoms with Crippen LogP contribution in [0.4, 0.5) is 0 Å². The number of nitrogens with one attached hydrogen (secondary N) is 1. The molecular weight excluding hydrogens is 242 g/mol. The first kappa shape index (κ1) is 14.3. The Balaban J connectivity index is 1.65. The number of rotatable bonds is 7. The number of nitrogens with zero attached hydrogens (tertiary/aromatic N) is 2. The van der Waals surface area contributed by atoms with Crippen molar-refractivity contribution in [1.29, 1.82) is 5.26 Å². The normalized spacial score (nSPS) is 19.9. The van der Waals surface area contributed by atoms with Crippen LogP contribution in [0.5, 0.6) is 0 Å². The van der Waals surface area contributed by atoms with Crippen molar-refractivity contribution in [2.24, 2.45) is 0 Å². The summed E-state index contributed by atoms with van der Waals surface area (Å²) >= 11 is 0. The summed E-state index contributed by atoms with van der Waals surface area (Å²) in [6.07, 6.45) is 5.44.